The highest BCUT2D eigenvalue weighted by molar-refractivity contribution is 6.74. The Morgan fingerprint density at radius 2 is 1.29 bits per heavy atom. The van der Waals surface area contributed by atoms with Gasteiger partial charge in [0.25, 0.3) is 0 Å². The van der Waals surface area contributed by atoms with Gasteiger partial charge in [-0.2, -0.15) is 0 Å². The molecule has 0 aromatic heterocycles. The normalized spacial score (nSPS) is 14.0. The largest absolute Gasteiger partial charge is 0.415 e. The van der Waals surface area contributed by atoms with Crippen LogP contribution in [0.2, 0.25) is 36.3 Å². The number of nitrogens with one attached hydrogen (secondary N) is 1. The Labute approximate surface area is 195 Å². The lowest BCUT2D eigenvalue weighted by molar-refractivity contribution is 0.0920. The van der Waals surface area contributed by atoms with Crippen LogP contribution in [-0.2, 0) is 15.4 Å². The fraction of sp³-hybridized carbons (Fsp3) is 0.692. The highest BCUT2D eigenvalue weighted by atomic mass is 28.4. The Kier molecular flexibility index (Phi) is 9.98. The van der Waals surface area contributed by atoms with Crippen LogP contribution in [0, 0.1) is 0 Å². The van der Waals surface area contributed by atoms with E-state index in [4.69, 9.17) is 8.85 Å². The van der Waals surface area contributed by atoms with E-state index in [9.17, 15) is 0 Å². The molecular weight excluding hydrogens is 414 g/mol. The smallest absolute Gasteiger partial charge is 0.192 e. The minimum Gasteiger partial charge on any atom is -0.415 e. The van der Waals surface area contributed by atoms with Crippen LogP contribution in [0.3, 0.4) is 0 Å². The molecule has 0 aliphatic carbocycles. The average Bonchev–Trinajstić information content (AvgIpc) is 2.66. The van der Waals surface area contributed by atoms with Crippen LogP contribution in [0.1, 0.15) is 59.9 Å². The third-order valence-corrected chi connectivity index (χ3v) is 16.3. The van der Waals surface area contributed by atoms with Gasteiger partial charge in [-0.3, -0.25) is 0 Å². The van der Waals surface area contributed by atoms with Gasteiger partial charge >= 0.3 is 0 Å². The summed E-state index contributed by atoms with van der Waals surface area (Å²) in [4.78, 5) is 0. The second-order valence-electron chi connectivity index (χ2n) is 12.0. The topological polar surface area (TPSA) is 30.5 Å². The summed E-state index contributed by atoms with van der Waals surface area (Å²) in [6.07, 6.45) is 3.90. The van der Waals surface area contributed by atoms with Crippen molar-refractivity contribution < 1.29 is 8.85 Å². The van der Waals surface area contributed by atoms with E-state index in [1.165, 1.54) is 5.56 Å². The molecule has 0 aliphatic heterocycles. The van der Waals surface area contributed by atoms with E-state index in [1.54, 1.807) is 0 Å². The Morgan fingerprint density at radius 1 is 0.839 bits per heavy atom. The molecule has 31 heavy (non-hydrogen) atoms. The highest BCUT2D eigenvalue weighted by Gasteiger charge is 2.43. The van der Waals surface area contributed by atoms with Gasteiger partial charge in [0, 0.05) is 6.54 Å². The van der Waals surface area contributed by atoms with Crippen LogP contribution < -0.4 is 5.32 Å². The molecule has 0 heterocycles. The molecule has 0 unspecified atom stereocenters. The zero-order valence-corrected chi connectivity index (χ0v) is 24.0. The summed E-state index contributed by atoms with van der Waals surface area (Å²) in [5.74, 6) is 0. The summed E-state index contributed by atoms with van der Waals surface area (Å²) >= 11 is 0. The van der Waals surface area contributed by atoms with Gasteiger partial charge in [-0.05, 0) is 54.7 Å². The van der Waals surface area contributed by atoms with Crippen molar-refractivity contribution in [2.24, 2.45) is 0 Å². The van der Waals surface area contributed by atoms with Crippen LogP contribution >= 0.6 is 0 Å². The maximum Gasteiger partial charge on any atom is 0.192 e. The van der Waals surface area contributed by atoms with Gasteiger partial charge in [0.05, 0.1) is 18.8 Å². The maximum atomic E-state index is 6.77. The first-order valence-corrected chi connectivity index (χ1v) is 17.5. The van der Waals surface area contributed by atoms with E-state index in [2.05, 4.69) is 110 Å². The molecule has 5 heteroatoms. The van der Waals surface area contributed by atoms with Gasteiger partial charge in [-0.15, -0.1) is 6.58 Å². The molecule has 0 amide bonds. The van der Waals surface area contributed by atoms with Gasteiger partial charge in [0.2, 0.25) is 0 Å². The molecule has 1 N–H and O–H groups in total. The zero-order chi connectivity index (χ0) is 24.0. The van der Waals surface area contributed by atoms with Crippen molar-refractivity contribution in [3.63, 3.8) is 0 Å². The second-order valence-corrected chi connectivity index (χ2v) is 21.7. The second kappa shape index (κ2) is 10.9. The highest BCUT2D eigenvalue weighted by Crippen LogP contribution is 2.39. The van der Waals surface area contributed by atoms with Gasteiger partial charge in [-0.25, -0.2) is 0 Å². The molecule has 3 nitrogen and oxygen atoms in total. The molecule has 0 radical (unpaired) electrons. The molecule has 0 bridgehead atoms. The van der Waals surface area contributed by atoms with Gasteiger partial charge in [0.15, 0.2) is 16.6 Å². The molecule has 0 fully saturated rings. The van der Waals surface area contributed by atoms with Crippen molar-refractivity contribution in [1.82, 2.24) is 5.32 Å². The summed E-state index contributed by atoms with van der Waals surface area (Å²) < 4.78 is 13.5. The van der Waals surface area contributed by atoms with E-state index in [0.717, 1.165) is 19.4 Å². The summed E-state index contributed by atoms with van der Waals surface area (Å²) in [6, 6.07) is 10.6. The third-order valence-electron chi connectivity index (χ3n) is 7.37. The van der Waals surface area contributed by atoms with Crippen LogP contribution in [0.4, 0.5) is 0 Å². The quantitative estimate of drug-likeness (QED) is 0.257. The minimum atomic E-state index is -1.88. The van der Waals surface area contributed by atoms with E-state index in [0.29, 0.717) is 13.2 Å². The van der Waals surface area contributed by atoms with E-state index in [-0.39, 0.29) is 15.6 Å². The first kappa shape index (κ1) is 28.3. The Bertz CT molecular complexity index is 643. The molecule has 0 saturated heterocycles. The first-order chi connectivity index (χ1) is 14.1. The van der Waals surface area contributed by atoms with Crippen molar-refractivity contribution >= 4 is 16.6 Å². The molecule has 178 valence electrons. The number of hydrogen-bond donors (Lipinski definition) is 1. The van der Waals surface area contributed by atoms with Crippen molar-refractivity contribution in [3.8, 4) is 0 Å². The summed E-state index contributed by atoms with van der Waals surface area (Å²) in [6.45, 7) is 29.2. The monoisotopic (exact) mass is 463 g/mol. The number of rotatable bonds is 12. The molecule has 0 atom stereocenters. The maximum absolute atomic E-state index is 6.77. The Hall–Kier alpha value is -0.726. The molecule has 0 aliphatic rings. The Morgan fingerprint density at radius 3 is 1.68 bits per heavy atom. The SMILES string of the molecule is C=CCCC(CO[Si](C)(C)C(C)(C)C)(CO[Si](C)(C)C(C)(C)C)NCc1ccccc1. The van der Waals surface area contributed by atoms with E-state index < -0.39 is 16.6 Å². The first-order valence-electron chi connectivity index (χ1n) is 11.7. The average molecular weight is 464 g/mol. The van der Waals surface area contributed by atoms with E-state index in [1.807, 2.05) is 6.08 Å². The van der Waals surface area contributed by atoms with Crippen molar-refractivity contribution in [2.45, 2.75) is 103 Å². The fourth-order valence-electron chi connectivity index (χ4n) is 2.71. The molecule has 1 rings (SSSR count). The molecule has 1 aromatic carbocycles. The molecule has 1 aromatic rings. The summed E-state index contributed by atoms with van der Waals surface area (Å²) in [5, 5.41) is 4.23. The van der Waals surface area contributed by atoms with E-state index >= 15 is 0 Å². The predicted molar refractivity (Wildman–Crippen MR) is 142 cm³/mol. The zero-order valence-electron chi connectivity index (χ0n) is 22.0. The number of benzene rings is 1. The summed E-state index contributed by atoms with van der Waals surface area (Å²) in [7, 11) is -3.77. The lowest BCUT2D eigenvalue weighted by atomic mass is 9.94. The fourth-order valence-corrected chi connectivity index (χ4v) is 4.85. The number of allylic oxidation sites excluding steroid dienone is 1. The third kappa shape index (κ3) is 8.62. The molecule has 0 spiro atoms. The van der Waals surface area contributed by atoms with Crippen molar-refractivity contribution in [2.75, 3.05) is 13.2 Å². The van der Waals surface area contributed by atoms with Crippen LogP contribution in [0.5, 0.6) is 0 Å². The molecule has 0 saturated carbocycles. The lowest BCUT2D eigenvalue weighted by Gasteiger charge is -2.44. The standard InChI is InChI=1S/C26H49NO2Si2/c1-12-13-19-26(21-28-30(8,9)24(2,3)4,22-29-31(10,11)25(5,6)7)27-20-23-17-15-14-16-18-23/h12,14-18,27H,1,13,19-22H2,2-11H3. The van der Waals surface area contributed by atoms with Gasteiger partial charge < -0.3 is 14.2 Å². The summed E-state index contributed by atoms with van der Waals surface area (Å²) in [5.41, 5.74) is 1.04. The minimum absolute atomic E-state index is 0.177. The molecular formula is C26H49NO2Si2. The van der Waals surface area contributed by atoms with Gasteiger partial charge in [0.1, 0.15) is 0 Å². The lowest BCUT2D eigenvalue weighted by Crippen LogP contribution is -2.58. The predicted octanol–water partition coefficient (Wildman–Crippen LogP) is 7.52. The van der Waals surface area contributed by atoms with Crippen LogP contribution in [0.15, 0.2) is 43.0 Å². The van der Waals surface area contributed by atoms with Crippen molar-refractivity contribution in [1.29, 1.82) is 0 Å². The Balaban J connectivity index is 3.17. The van der Waals surface area contributed by atoms with Gasteiger partial charge in [-0.1, -0.05) is 78.0 Å². The van der Waals surface area contributed by atoms with Crippen LogP contribution in [0.25, 0.3) is 0 Å². The van der Waals surface area contributed by atoms with Crippen LogP contribution in [-0.4, -0.2) is 35.4 Å². The van der Waals surface area contributed by atoms with Crippen molar-refractivity contribution in [3.05, 3.63) is 48.6 Å². The number of hydrogen-bond acceptors (Lipinski definition) is 3.